The van der Waals surface area contributed by atoms with Crippen molar-refractivity contribution >= 4 is 6.09 Å². The van der Waals surface area contributed by atoms with Crippen molar-refractivity contribution in [2.45, 2.75) is 83.5 Å². The maximum absolute atomic E-state index is 11.2. The Labute approximate surface area is 151 Å². The van der Waals surface area contributed by atoms with Gasteiger partial charge >= 0.3 is 6.09 Å². The Morgan fingerprint density at radius 2 is 1.88 bits per heavy atom. The molecule has 1 heterocycles. The average Bonchev–Trinajstić information content (AvgIpc) is 2.56. The van der Waals surface area contributed by atoms with Crippen molar-refractivity contribution in [1.29, 1.82) is 0 Å². The van der Waals surface area contributed by atoms with E-state index in [-0.39, 0.29) is 23.2 Å². The van der Waals surface area contributed by atoms with E-state index in [0.29, 0.717) is 0 Å². The monoisotopic (exact) mass is 348 g/mol. The molecule has 1 amide bonds. The van der Waals surface area contributed by atoms with Crippen molar-refractivity contribution in [3.63, 3.8) is 0 Å². The molecule has 5 nitrogen and oxygen atoms in total. The van der Waals surface area contributed by atoms with Gasteiger partial charge in [-0.25, -0.2) is 4.79 Å². The number of nitrogens with one attached hydrogen (secondary N) is 1. The van der Waals surface area contributed by atoms with E-state index in [4.69, 9.17) is 9.94 Å². The van der Waals surface area contributed by atoms with Crippen LogP contribution < -0.4 is 5.32 Å². The van der Waals surface area contributed by atoms with Crippen LogP contribution in [0.15, 0.2) is 30.3 Å². The lowest BCUT2D eigenvalue weighted by Crippen LogP contribution is -2.66. The summed E-state index contributed by atoms with van der Waals surface area (Å²) in [6.07, 6.45) is 2.30. The molecule has 1 fully saturated rings. The highest BCUT2D eigenvalue weighted by Crippen LogP contribution is 2.44. The molecular formula is C20H32N2O3. The Kier molecular flexibility index (Phi) is 6.12. The predicted octanol–water partition coefficient (Wildman–Crippen LogP) is 4.75. The number of carboxylic acid groups (broad SMARTS) is 1. The number of amides is 1. The summed E-state index contributed by atoms with van der Waals surface area (Å²) in [5.41, 5.74) is 0.698. The summed E-state index contributed by atoms with van der Waals surface area (Å²) in [7, 11) is 0. The predicted molar refractivity (Wildman–Crippen MR) is 99.4 cm³/mol. The van der Waals surface area contributed by atoms with Crippen molar-refractivity contribution in [3.05, 3.63) is 35.9 Å². The minimum atomic E-state index is -0.950. The first-order valence-electron chi connectivity index (χ1n) is 9.25. The SMILES string of the molecule is CCC1(CC)CC(NC(=O)O)CC(C)(C)N1OC(C)c1ccccc1. The topological polar surface area (TPSA) is 61.8 Å². The van der Waals surface area contributed by atoms with Crippen molar-refractivity contribution < 1.29 is 14.7 Å². The summed E-state index contributed by atoms with van der Waals surface area (Å²) in [6, 6.07) is 10.2. The van der Waals surface area contributed by atoms with E-state index in [1.54, 1.807) is 0 Å². The van der Waals surface area contributed by atoms with Crippen LogP contribution in [0.1, 0.15) is 72.0 Å². The second kappa shape index (κ2) is 7.75. The zero-order valence-electron chi connectivity index (χ0n) is 16.1. The molecule has 2 atom stereocenters. The molecule has 2 unspecified atom stereocenters. The van der Waals surface area contributed by atoms with Gasteiger partial charge in [0.25, 0.3) is 0 Å². The average molecular weight is 348 g/mol. The van der Waals surface area contributed by atoms with E-state index in [9.17, 15) is 4.79 Å². The smallest absolute Gasteiger partial charge is 0.404 e. The number of hydrogen-bond donors (Lipinski definition) is 2. The number of hydrogen-bond acceptors (Lipinski definition) is 3. The molecule has 1 aromatic rings. The second-order valence-corrected chi connectivity index (χ2v) is 7.75. The van der Waals surface area contributed by atoms with Gasteiger partial charge < -0.3 is 10.4 Å². The highest BCUT2D eigenvalue weighted by molar-refractivity contribution is 5.64. The van der Waals surface area contributed by atoms with Crippen LogP contribution in [-0.4, -0.2) is 33.4 Å². The first-order valence-corrected chi connectivity index (χ1v) is 9.25. The summed E-state index contributed by atoms with van der Waals surface area (Å²) in [6.45, 7) is 10.7. The van der Waals surface area contributed by atoms with Gasteiger partial charge in [0.05, 0.1) is 0 Å². The fourth-order valence-corrected chi connectivity index (χ4v) is 4.24. The first-order chi connectivity index (χ1) is 11.7. The van der Waals surface area contributed by atoms with Gasteiger partial charge in [0.2, 0.25) is 0 Å². The molecule has 25 heavy (non-hydrogen) atoms. The van der Waals surface area contributed by atoms with E-state index in [2.05, 4.69) is 57.1 Å². The van der Waals surface area contributed by atoms with E-state index in [0.717, 1.165) is 31.2 Å². The number of rotatable bonds is 6. The van der Waals surface area contributed by atoms with Gasteiger partial charge in [-0.3, -0.25) is 4.84 Å². The first kappa shape index (κ1) is 19.7. The summed E-state index contributed by atoms with van der Waals surface area (Å²) < 4.78 is 0. The molecule has 140 valence electrons. The number of benzene rings is 1. The van der Waals surface area contributed by atoms with Crippen LogP contribution in [-0.2, 0) is 4.84 Å². The van der Waals surface area contributed by atoms with Crippen molar-refractivity contribution in [3.8, 4) is 0 Å². The molecular weight excluding hydrogens is 316 g/mol. The van der Waals surface area contributed by atoms with Gasteiger partial charge in [0, 0.05) is 17.1 Å². The maximum atomic E-state index is 11.2. The van der Waals surface area contributed by atoms with Crippen LogP contribution in [0.3, 0.4) is 0 Å². The molecule has 2 N–H and O–H groups in total. The lowest BCUT2D eigenvalue weighted by molar-refractivity contribution is -0.316. The maximum Gasteiger partial charge on any atom is 0.404 e. The van der Waals surface area contributed by atoms with Crippen LogP contribution >= 0.6 is 0 Å². The van der Waals surface area contributed by atoms with Gasteiger partial charge in [-0.05, 0) is 52.0 Å². The third-order valence-electron chi connectivity index (χ3n) is 5.53. The molecule has 1 aliphatic rings. The standard InChI is InChI=1S/C20H32N2O3/c1-6-20(7-2)14-17(21-18(23)24)13-19(4,5)22(20)25-15(3)16-11-9-8-10-12-16/h8-12,15,17,21H,6-7,13-14H2,1-5H3,(H,23,24). The molecule has 0 aliphatic carbocycles. The Morgan fingerprint density at radius 3 is 2.40 bits per heavy atom. The molecule has 1 saturated heterocycles. The van der Waals surface area contributed by atoms with Gasteiger partial charge in [-0.15, -0.1) is 0 Å². The molecule has 0 saturated carbocycles. The van der Waals surface area contributed by atoms with Crippen LogP contribution in [0.4, 0.5) is 4.79 Å². The van der Waals surface area contributed by atoms with Crippen LogP contribution in [0, 0.1) is 0 Å². The highest BCUT2D eigenvalue weighted by Gasteiger charge is 2.50. The lowest BCUT2D eigenvalue weighted by atomic mass is 9.74. The van der Waals surface area contributed by atoms with Gasteiger partial charge in [-0.1, -0.05) is 44.2 Å². The van der Waals surface area contributed by atoms with E-state index >= 15 is 0 Å². The largest absolute Gasteiger partial charge is 0.465 e. The van der Waals surface area contributed by atoms with E-state index < -0.39 is 6.09 Å². The minimum Gasteiger partial charge on any atom is -0.465 e. The summed E-state index contributed by atoms with van der Waals surface area (Å²) in [5.74, 6) is 0. The van der Waals surface area contributed by atoms with Crippen molar-refractivity contribution in [2.75, 3.05) is 0 Å². The van der Waals surface area contributed by atoms with Gasteiger partial charge in [-0.2, -0.15) is 5.06 Å². The molecule has 1 aromatic carbocycles. The Bertz CT molecular complexity index is 570. The Hall–Kier alpha value is -1.59. The number of carbonyl (C=O) groups is 1. The minimum absolute atomic E-state index is 0.0538. The second-order valence-electron chi connectivity index (χ2n) is 7.75. The van der Waals surface area contributed by atoms with E-state index in [1.165, 1.54) is 0 Å². The third kappa shape index (κ3) is 4.33. The Morgan fingerprint density at radius 1 is 1.28 bits per heavy atom. The molecule has 5 heteroatoms. The number of hydroxylamine groups is 2. The zero-order chi connectivity index (χ0) is 18.7. The van der Waals surface area contributed by atoms with Crippen LogP contribution in [0.2, 0.25) is 0 Å². The highest BCUT2D eigenvalue weighted by atomic mass is 16.7. The molecule has 0 spiro atoms. The third-order valence-corrected chi connectivity index (χ3v) is 5.53. The summed E-state index contributed by atoms with van der Waals surface area (Å²) >= 11 is 0. The van der Waals surface area contributed by atoms with Gasteiger partial charge in [0.15, 0.2) is 0 Å². The number of piperidine rings is 1. The molecule has 0 radical (unpaired) electrons. The molecule has 0 aromatic heterocycles. The van der Waals surface area contributed by atoms with Crippen molar-refractivity contribution in [1.82, 2.24) is 10.4 Å². The number of nitrogens with zero attached hydrogens (tertiary/aromatic N) is 1. The van der Waals surface area contributed by atoms with Gasteiger partial charge in [0.1, 0.15) is 6.10 Å². The summed E-state index contributed by atoms with van der Waals surface area (Å²) in [5, 5.41) is 14.0. The Balaban J connectivity index is 2.28. The quantitative estimate of drug-likeness (QED) is 0.779. The summed E-state index contributed by atoms with van der Waals surface area (Å²) in [4.78, 5) is 17.7. The van der Waals surface area contributed by atoms with Crippen LogP contribution in [0.25, 0.3) is 0 Å². The fraction of sp³-hybridized carbons (Fsp3) is 0.650. The normalized spacial score (nSPS) is 23.8. The lowest BCUT2D eigenvalue weighted by Gasteiger charge is -2.56. The molecule has 1 aliphatic heterocycles. The van der Waals surface area contributed by atoms with Crippen molar-refractivity contribution in [2.24, 2.45) is 0 Å². The molecule has 2 rings (SSSR count). The fourth-order valence-electron chi connectivity index (χ4n) is 4.24. The van der Waals surface area contributed by atoms with Crippen LogP contribution in [0.5, 0.6) is 0 Å². The van der Waals surface area contributed by atoms with E-state index in [1.807, 2.05) is 18.2 Å². The zero-order valence-corrected chi connectivity index (χ0v) is 16.1. The molecule has 0 bridgehead atoms.